The van der Waals surface area contributed by atoms with Gasteiger partial charge < -0.3 is 9.67 Å². The van der Waals surface area contributed by atoms with Gasteiger partial charge in [-0.25, -0.2) is 4.79 Å². The number of aromatic nitrogens is 1. The fourth-order valence-corrected chi connectivity index (χ4v) is 2.81. The molecule has 0 spiro atoms. The number of fused-ring (bicyclic) bond motifs is 1. The van der Waals surface area contributed by atoms with E-state index < -0.39 is 5.97 Å². The zero-order valence-corrected chi connectivity index (χ0v) is 12.9. The average molecular weight is 324 g/mol. The van der Waals surface area contributed by atoms with Gasteiger partial charge in [-0.15, -0.1) is 0 Å². The van der Waals surface area contributed by atoms with Crippen molar-refractivity contribution in [2.75, 3.05) is 6.54 Å². The molecule has 1 N–H and O–H groups in total. The van der Waals surface area contributed by atoms with Crippen LogP contribution >= 0.6 is 0 Å². The number of nitro groups is 1. The Morgan fingerprint density at radius 3 is 2.50 bits per heavy atom. The third-order valence-corrected chi connectivity index (χ3v) is 3.99. The Kier molecular flexibility index (Phi) is 4.29. The molecule has 0 saturated carbocycles. The van der Waals surface area contributed by atoms with Crippen LogP contribution in [0.4, 0.5) is 0 Å². The summed E-state index contributed by atoms with van der Waals surface area (Å²) >= 11 is 0. The summed E-state index contributed by atoms with van der Waals surface area (Å²) in [5.74, 6) is -0.949. The highest BCUT2D eigenvalue weighted by Crippen LogP contribution is 2.23. The molecule has 0 amide bonds. The molecular formula is C18H16N2O4. The fourth-order valence-electron chi connectivity index (χ4n) is 2.81. The van der Waals surface area contributed by atoms with Crippen molar-refractivity contribution in [3.8, 4) is 0 Å². The summed E-state index contributed by atoms with van der Waals surface area (Å²) in [6, 6.07) is 14.5. The minimum Gasteiger partial charge on any atom is -0.478 e. The molecule has 3 aromatic rings. The Balaban J connectivity index is 1.91. The van der Waals surface area contributed by atoms with E-state index in [-0.39, 0.29) is 17.0 Å². The average Bonchev–Trinajstić information content (AvgIpc) is 2.91. The van der Waals surface area contributed by atoms with E-state index in [9.17, 15) is 14.9 Å². The van der Waals surface area contributed by atoms with Gasteiger partial charge in [0.1, 0.15) is 0 Å². The summed E-state index contributed by atoms with van der Waals surface area (Å²) in [4.78, 5) is 21.3. The third-order valence-electron chi connectivity index (χ3n) is 3.99. The Labute approximate surface area is 138 Å². The predicted octanol–water partition coefficient (Wildman–Crippen LogP) is 3.21. The first-order valence-electron chi connectivity index (χ1n) is 7.55. The number of benzene rings is 2. The lowest BCUT2D eigenvalue weighted by atomic mass is 10.1. The summed E-state index contributed by atoms with van der Waals surface area (Å²) in [5.41, 5.74) is 3.19. The maximum atomic E-state index is 10.9. The van der Waals surface area contributed by atoms with Crippen LogP contribution in [0.2, 0.25) is 0 Å². The molecule has 0 atom stereocenters. The van der Waals surface area contributed by atoms with Crippen molar-refractivity contribution in [2.45, 2.75) is 13.0 Å². The van der Waals surface area contributed by atoms with Gasteiger partial charge in [0.05, 0.1) is 5.56 Å². The van der Waals surface area contributed by atoms with Crippen LogP contribution in [-0.4, -0.2) is 27.1 Å². The predicted molar refractivity (Wildman–Crippen MR) is 90.0 cm³/mol. The summed E-state index contributed by atoms with van der Waals surface area (Å²) < 4.78 is 2.04. The Morgan fingerprint density at radius 1 is 1.12 bits per heavy atom. The highest BCUT2D eigenvalue weighted by Gasteiger charge is 2.11. The van der Waals surface area contributed by atoms with E-state index in [2.05, 4.69) is 0 Å². The number of carboxylic acids is 1. The second kappa shape index (κ2) is 6.54. The third kappa shape index (κ3) is 3.27. The first kappa shape index (κ1) is 15.7. The van der Waals surface area contributed by atoms with Crippen molar-refractivity contribution in [3.63, 3.8) is 0 Å². The van der Waals surface area contributed by atoms with Crippen LogP contribution in [0, 0.1) is 10.1 Å². The monoisotopic (exact) mass is 324 g/mol. The van der Waals surface area contributed by atoms with Gasteiger partial charge in [-0.05, 0) is 29.3 Å². The molecule has 0 radical (unpaired) electrons. The molecule has 122 valence electrons. The van der Waals surface area contributed by atoms with E-state index in [1.807, 2.05) is 35.0 Å². The van der Waals surface area contributed by atoms with E-state index >= 15 is 0 Å². The molecule has 6 nitrogen and oxygen atoms in total. The Morgan fingerprint density at radius 2 is 1.83 bits per heavy atom. The SMILES string of the molecule is O=C(O)c1ccc(Cn2cc(CC[N+](=O)[O-])c3ccccc32)cc1. The summed E-state index contributed by atoms with van der Waals surface area (Å²) in [6.45, 7) is 0.486. The molecule has 24 heavy (non-hydrogen) atoms. The fraction of sp³-hybridized carbons (Fsp3) is 0.167. The van der Waals surface area contributed by atoms with Gasteiger partial charge in [-0.1, -0.05) is 30.3 Å². The lowest BCUT2D eigenvalue weighted by Gasteiger charge is -2.06. The van der Waals surface area contributed by atoms with Gasteiger partial charge in [0.15, 0.2) is 0 Å². The number of carboxylic acid groups (broad SMARTS) is 1. The molecule has 0 fully saturated rings. The highest BCUT2D eigenvalue weighted by molar-refractivity contribution is 5.87. The quantitative estimate of drug-likeness (QED) is 0.557. The standard InChI is InChI=1S/C18H16N2O4/c21-18(22)14-7-5-13(6-8-14)11-19-12-15(9-10-20(23)24)16-3-1-2-4-17(16)19/h1-8,12H,9-11H2,(H,21,22). The van der Waals surface area contributed by atoms with Crippen LogP contribution in [0.5, 0.6) is 0 Å². The molecule has 0 saturated heterocycles. The van der Waals surface area contributed by atoms with Crippen molar-refractivity contribution < 1.29 is 14.8 Å². The van der Waals surface area contributed by atoms with Crippen molar-refractivity contribution in [3.05, 3.63) is 81.5 Å². The molecule has 2 aromatic carbocycles. The van der Waals surface area contributed by atoms with Crippen LogP contribution in [-0.2, 0) is 13.0 Å². The van der Waals surface area contributed by atoms with Crippen molar-refractivity contribution in [2.24, 2.45) is 0 Å². The molecule has 6 heteroatoms. The van der Waals surface area contributed by atoms with Crippen LogP contribution in [0.1, 0.15) is 21.5 Å². The summed E-state index contributed by atoms with van der Waals surface area (Å²) in [6.07, 6.45) is 2.33. The van der Waals surface area contributed by atoms with Crippen molar-refractivity contribution in [1.82, 2.24) is 4.57 Å². The first-order valence-corrected chi connectivity index (χ1v) is 7.55. The zero-order chi connectivity index (χ0) is 17.1. The second-order valence-corrected chi connectivity index (χ2v) is 5.61. The molecule has 0 aliphatic rings. The molecule has 0 unspecified atom stereocenters. The maximum absolute atomic E-state index is 10.9. The molecule has 3 rings (SSSR count). The van der Waals surface area contributed by atoms with Gasteiger partial charge in [0.25, 0.3) is 0 Å². The Bertz CT molecular complexity index is 897. The summed E-state index contributed by atoms with van der Waals surface area (Å²) in [7, 11) is 0. The molecule has 0 aliphatic heterocycles. The minimum absolute atomic E-state index is 0.0959. The van der Waals surface area contributed by atoms with E-state index in [0.717, 1.165) is 22.0 Å². The van der Waals surface area contributed by atoms with Crippen LogP contribution in [0.25, 0.3) is 10.9 Å². The number of rotatable bonds is 6. The van der Waals surface area contributed by atoms with Gasteiger partial charge in [-0.3, -0.25) is 10.1 Å². The van der Waals surface area contributed by atoms with Crippen molar-refractivity contribution in [1.29, 1.82) is 0 Å². The lowest BCUT2D eigenvalue weighted by Crippen LogP contribution is -2.03. The molecule has 1 aromatic heterocycles. The largest absolute Gasteiger partial charge is 0.478 e. The van der Waals surface area contributed by atoms with Gasteiger partial charge in [-0.2, -0.15) is 0 Å². The van der Waals surface area contributed by atoms with Gasteiger partial charge in [0, 0.05) is 35.0 Å². The second-order valence-electron chi connectivity index (χ2n) is 5.61. The highest BCUT2D eigenvalue weighted by atomic mass is 16.6. The van der Waals surface area contributed by atoms with Crippen molar-refractivity contribution >= 4 is 16.9 Å². The van der Waals surface area contributed by atoms with E-state index in [4.69, 9.17) is 5.11 Å². The normalized spacial score (nSPS) is 10.8. The number of nitrogens with zero attached hydrogens (tertiary/aromatic N) is 2. The topological polar surface area (TPSA) is 85.4 Å². The number of aromatic carboxylic acids is 1. The smallest absolute Gasteiger partial charge is 0.335 e. The number of hydrogen-bond acceptors (Lipinski definition) is 3. The van der Waals surface area contributed by atoms with Crippen LogP contribution < -0.4 is 0 Å². The summed E-state index contributed by atoms with van der Waals surface area (Å²) in [5, 5.41) is 20.6. The molecule has 1 heterocycles. The first-order chi connectivity index (χ1) is 11.5. The van der Waals surface area contributed by atoms with Crippen LogP contribution in [0.15, 0.2) is 54.7 Å². The molecular weight excluding hydrogens is 308 g/mol. The lowest BCUT2D eigenvalue weighted by molar-refractivity contribution is -0.479. The number of carbonyl (C=O) groups is 1. The number of para-hydroxylation sites is 1. The zero-order valence-electron chi connectivity index (χ0n) is 12.9. The van der Waals surface area contributed by atoms with E-state index in [0.29, 0.717) is 13.0 Å². The maximum Gasteiger partial charge on any atom is 0.335 e. The number of hydrogen-bond donors (Lipinski definition) is 1. The molecule has 0 bridgehead atoms. The Hall–Kier alpha value is -3.15. The molecule has 0 aliphatic carbocycles. The minimum atomic E-state index is -0.949. The van der Waals surface area contributed by atoms with Crippen LogP contribution in [0.3, 0.4) is 0 Å². The van der Waals surface area contributed by atoms with Gasteiger partial charge >= 0.3 is 5.97 Å². The van der Waals surface area contributed by atoms with E-state index in [1.165, 1.54) is 0 Å². The van der Waals surface area contributed by atoms with E-state index in [1.54, 1.807) is 24.3 Å². The van der Waals surface area contributed by atoms with Gasteiger partial charge in [0.2, 0.25) is 6.54 Å².